The van der Waals surface area contributed by atoms with E-state index in [2.05, 4.69) is 36.3 Å². The third kappa shape index (κ3) is 3.53. The molecule has 2 heterocycles. The smallest absolute Gasteiger partial charge is 0.0434 e. The van der Waals surface area contributed by atoms with Crippen LogP contribution in [-0.4, -0.2) is 18.1 Å². The number of nitrogens with zero attached hydrogens (tertiary/aromatic N) is 1. The number of nitrogens with one attached hydrogen (secondary N) is 1. The monoisotopic (exact) mass is 232 g/mol. The van der Waals surface area contributed by atoms with Gasteiger partial charge in [0, 0.05) is 11.9 Å². The number of rotatable bonds is 4. The summed E-state index contributed by atoms with van der Waals surface area (Å²) in [4.78, 5) is 4.49. The molecule has 17 heavy (non-hydrogen) atoms. The predicted molar refractivity (Wildman–Crippen MR) is 72.2 cm³/mol. The van der Waals surface area contributed by atoms with E-state index < -0.39 is 0 Å². The van der Waals surface area contributed by atoms with E-state index in [1.807, 2.05) is 6.20 Å². The summed E-state index contributed by atoms with van der Waals surface area (Å²) in [5.41, 5.74) is 2.74. The van der Waals surface area contributed by atoms with Crippen LogP contribution in [0.5, 0.6) is 0 Å². The lowest BCUT2D eigenvalue weighted by Crippen LogP contribution is -2.28. The normalized spacial score (nSPS) is 19.2. The molecule has 1 aliphatic heterocycles. The van der Waals surface area contributed by atoms with Crippen molar-refractivity contribution in [2.45, 2.75) is 45.4 Å². The van der Waals surface area contributed by atoms with Gasteiger partial charge < -0.3 is 5.32 Å². The molecular weight excluding hydrogens is 208 g/mol. The first-order valence-corrected chi connectivity index (χ1v) is 6.95. The Kier molecular flexibility index (Phi) is 4.55. The summed E-state index contributed by atoms with van der Waals surface area (Å²) in [6.45, 7) is 6.87. The molecular formula is C15H24N2. The largest absolute Gasteiger partial charge is 0.317 e. The second kappa shape index (κ2) is 6.15. The van der Waals surface area contributed by atoms with Crippen LogP contribution in [0.4, 0.5) is 0 Å². The van der Waals surface area contributed by atoms with E-state index in [-0.39, 0.29) is 0 Å². The van der Waals surface area contributed by atoms with E-state index in [0.29, 0.717) is 5.92 Å². The molecule has 2 rings (SSSR count). The molecule has 0 spiro atoms. The predicted octanol–water partition coefficient (Wildman–Crippen LogP) is 3.14. The van der Waals surface area contributed by atoms with Gasteiger partial charge in [-0.1, -0.05) is 13.8 Å². The van der Waals surface area contributed by atoms with Gasteiger partial charge in [0.25, 0.3) is 0 Å². The molecule has 2 nitrogen and oxygen atoms in total. The van der Waals surface area contributed by atoms with Gasteiger partial charge in [0.1, 0.15) is 0 Å². The molecule has 0 radical (unpaired) electrons. The first-order chi connectivity index (χ1) is 8.29. The number of piperidine rings is 1. The highest BCUT2D eigenvalue weighted by atomic mass is 14.9. The van der Waals surface area contributed by atoms with Crippen LogP contribution < -0.4 is 5.32 Å². The Morgan fingerprint density at radius 2 is 2.18 bits per heavy atom. The second-order valence-electron chi connectivity index (χ2n) is 5.30. The molecule has 1 unspecified atom stereocenters. The number of hydrogen-bond donors (Lipinski definition) is 1. The van der Waals surface area contributed by atoms with Crippen LogP contribution >= 0.6 is 0 Å². The molecule has 94 valence electrons. The van der Waals surface area contributed by atoms with E-state index in [1.54, 1.807) is 0 Å². The number of pyridine rings is 1. The Balaban J connectivity index is 2.00. The standard InChI is InChI=1S/C15H24N2/c1-3-12(2)15-11-14(6-9-17-15)10-13-4-7-16-8-5-13/h6,9,11-13,16H,3-5,7-8,10H2,1-2H3. The lowest BCUT2D eigenvalue weighted by Gasteiger charge is -2.22. The number of hydrogen-bond acceptors (Lipinski definition) is 2. The summed E-state index contributed by atoms with van der Waals surface area (Å²) < 4.78 is 0. The van der Waals surface area contributed by atoms with Crippen molar-refractivity contribution in [3.63, 3.8) is 0 Å². The van der Waals surface area contributed by atoms with E-state index in [4.69, 9.17) is 0 Å². The van der Waals surface area contributed by atoms with Crippen molar-refractivity contribution >= 4 is 0 Å². The molecule has 1 aromatic heterocycles. The highest BCUT2D eigenvalue weighted by Gasteiger charge is 2.14. The molecule has 0 bridgehead atoms. The molecule has 1 aromatic rings. The quantitative estimate of drug-likeness (QED) is 0.862. The van der Waals surface area contributed by atoms with Gasteiger partial charge in [0.15, 0.2) is 0 Å². The zero-order chi connectivity index (χ0) is 12.1. The van der Waals surface area contributed by atoms with Gasteiger partial charge in [0.2, 0.25) is 0 Å². The lowest BCUT2D eigenvalue weighted by atomic mass is 9.90. The van der Waals surface area contributed by atoms with Gasteiger partial charge in [-0.15, -0.1) is 0 Å². The van der Waals surface area contributed by atoms with Crippen LogP contribution in [0.15, 0.2) is 18.3 Å². The Hall–Kier alpha value is -0.890. The van der Waals surface area contributed by atoms with Gasteiger partial charge in [-0.3, -0.25) is 4.98 Å². The van der Waals surface area contributed by atoms with Crippen molar-refractivity contribution in [1.29, 1.82) is 0 Å². The second-order valence-corrected chi connectivity index (χ2v) is 5.30. The minimum Gasteiger partial charge on any atom is -0.317 e. The van der Waals surface area contributed by atoms with E-state index >= 15 is 0 Å². The van der Waals surface area contributed by atoms with Crippen LogP contribution in [-0.2, 0) is 6.42 Å². The van der Waals surface area contributed by atoms with Crippen molar-refractivity contribution in [1.82, 2.24) is 10.3 Å². The van der Waals surface area contributed by atoms with Gasteiger partial charge in [-0.2, -0.15) is 0 Å². The maximum Gasteiger partial charge on any atom is 0.0434 e. The zero-order valence-electron chi connectivity index (χ0n) is 11.1. The Morgan fingerprint density at radius 1 is 1.41 bits per heavy atom. The fourth-order valence-electron chi connectivity index (χ4n) is 2.52. The van der Waals surface area contributed by atoms with E-state index in [0.717, 1.165) is 5.92 Å². The molecule has 1 saturated heterocycles. The summed E-state index contributed by atoms with van der Waals surface area (Å²) in [5, 5.41) is 3.43. The first-order valence-electron chi connectivity index (χ1n) is 6.95. The molecule has 0 aromatic carbocycles. The molecule has 1 N–H and O–H groups in total. The first kappa shape index (κ1) is 12.6. The summed E-state index contributed by atoms with van der Waals surface area (Å²) in [7, 11) is 0. The van der Waals surface area contributed by atoms with Gasteiger partial charge in [0.05, 0.1) is 0 Å². The fraction of sp³-hybridized carbons (Fsp3) is 0.667. The summed E-state index contributed by atoms with van der Waals surface area (Å²) in [6.07, 6.45) is 7.03. The summed E-state index contributed by atoms with van der Waals surface area (Å²) in [6, 6.07) is 4.50. The highest BCUT2D eigenvalue weighted by molar-refractivity contribution is 5.19. The van der Waals surface area contributed by atoms with Crippen molar-refractivity contribution in [3.8, 4) is 0 Å². The Bertz CT molecular complexity index is 343. The van der Waals surface area contributed by atoms with E-state index in [1.165, 1.54) is 50.0 Å². The third-order valence-electron chi connectivity index (χ3n) is 3.95. The molecule has 1 atom stereocenters. The summed E-state index contributed by atoms with van der Waals surface area (Å²) >= 11 is 0. The average Bonchev–Trinajstić information content (AvgIpc) is 2.39. The van der Waals surface area contributed by atoms with Crippen LogP contribution in [0.25, 0.3) is 0 Å². The molecule has 0 saturated carbocycles. The maximum absolute atomic E-state index is 4.49. The number of aromatic nitrogens is 1. The third-order valence-corrected chi connectivity index (χ3v) is 3.95. The van der Waals surface area contributed by atoms with Gasteiger partial charge in [-0.25, -0.2) is 0 Å². The van der Waals surface area contributed by atoms with Crippen molar-refractivity contribution in [3.05, 3.63) is 29.6 Å². The zero-order valence-corrected chi connectivity index (χ0v) is 11.1. The van der Waals surface area contributed by atoms with Crippen molar-refractivity contribution in [2.24, 2.45) is 5.92 Å². The van der Waals surface area contributed by atoms with Crippen molar-refractivity contribution in [2.75, 3.05) is 13.1 Å². The van der Waals surface area contributed by atoms with Crippen LogP contribution in [0, 0.1) is 5.92 Å². The molecule has 0 amide bonds. The summed E-state index contributed by atoms with van der Waals surface area (Å²) in [5.74, 6) is 1.45. The highest BCUT2D eigenvalue weighted by Crippen LogP contribution is 2.21. The van der Waals surface area contributed by atoms with Crippen LogP contribution in [0.3, 0.4) is 0 Å². The molecule has 0 aliphatic carbocycles. The Morgan fingerprint density at radius 3 is 2.88 bits per heavy atom. The lowest BCUT2D eigenvalue weighted by molar-refractivity contribution is 0.372. The SMILES string of the molecule is CCC(C)c1cc(CC2CCNCC2)ccn1. The minimum atomic E-state index is 0.586. The fourth-order valence-corrected chi connectivity index (χ4v) is 2.52. The minimum absolute atomic E-state index is 0.586. The van der Waals surface area contributed by atoms with Gasteiger partial charge >= 0.3 is 0 Å². The van der Waals surface area contributed by atoms with Crippen LogP contribution in [0.1, 0.15) is 50.3 Å². The topological polar surface area (TPSA) is 24.9 Å². The van der Waals surface area contributed by atoms with Crippen molar-refractivity contribution < 1.29 is 0 Å². The van der Waals surface area contributed by atoms with E-state index in [9.17, 15) is 0 Å². The Labute approximate surface area is 105 Å². The molecule has 2 heteroatoms. The average molecular weight is 232 g/mol. The maximum atomic E-state index is 4.49. The molecule has 1 aliphatic rings. The molecule has 1 fully saturated rings. The van der Waals surface area contributed by atoms with Crippen LogP contribution in [0.2, 0.25) is 0 Å². The van der Waals surface area contributed by atoms with Gasteiger partial charge in [-0.05, 0) is 68.3 Å².